The Labute approximate surface area is 150 Å². The Morgan fingerprint density at radius 1 is 1.15 bits per heavy atom. The zero-order chi connectivity index (χ0) is 18.1. The molecule has 7 heteroatoms. The van der Waals surface area contributed by atoms with E-state index < -0.39 is 0 Å². The van der Waals surface area contributed by atoms with Gasteiger partial charge in [-0.2, -0.15) is 5.10 Å². The summed E-state index contributed by atoms with van der Waals surface area (Å²) < 4.78 is 1.92. The fourth-order valence-electron chi connectivity index (χ4n) is 3.43. The van der Waals surface area contributed by atoms with Crippen LogP contribution < -0.4 is 5.56 Å². The van der Waals surface area contributed by atoms with E-state index in [9.17, 15) is 9.59 Å². The molecule has 0 saturated heterocycles. The van der Waals surface area contributed by atoms with Crippen molar-refractivity contribution in [1.82, 2.24) is 24.6 Å². The van der Waals surface area contributed by atoms with Crippen molar-refractivity contribution in [3.05, 3.63) is 70.0 Å². The Balaban J connectivity index is 1.61. The van der Waals surface area contributed by atoms with Gasteiger partial charge in [-0.25, -0.2) is 4.98 Å². The van der Waals surface area contributed by atoms with Crippen LogP contribution >= 0.6 is 0 Å². The number of aromatic nitrogens is 4. The Morgan fingerprint density at radius 3 is 2.65 bits per heavy atom. The molecule has 4 rings (SSSR count). The fraction of sp³-hybridized carbons (Fsp3) is 0.263. The van der Waals surface area contributed by atoms with Gasteiger partial charge in [0, 0.05) is 49.6 Å². The lowest BCUT2D eigenvalue weighted by atomic mass is 10.0. The maximum absolute atomic E-state index is 12.7. The number of carbonyl (C=O) groups excluding carboxylic acids is 1. The SMILES string of the molecule is Cn1nc(-c2ccccc2)c2c1CCN(C(=O)c1c[nH]c(=O)cn1)CC2. The smallest absolute Gasteiger partial charge is 0.273 e. The van der Waals surface area contributed by atoms with Gasteiger partial charge in [-0.05, 0) is 6.42 Å². The van der Waals surface area contributed by atoms with Gasteiger partial charge in [0.25, 0.3) is 11.5 Å². The summed E-state index contributed by atoms with van der Waals surface area (Å²) in [6.45, 7) is 1.19. The van der Waals surface area contributed by atoms with Gasteiger partial charge in [0.15, 0.2) is 0 Å². The average molecular weight is 349 g/mol. The number of amides is 1. The summed E-state index contributed by atoms with van der Waals surface area (Å²) in [5.41, 5.74) is 4.38. The molecular weight excluding hydrogens is 330 g/mol. The Kier molecular flexibility index (Phi) is 4.12. The van der Waals surface area contributed by atoms with Gasteiger partial charge in [-0.3, -0.25) is 14.3 Å². The molecule has 0 spiro atoms. The second-order valence-corrected chi connectivity index (χ2v) is 6.35. The van der Waals surface area contributed by atoms with E-state index in [1.807, 2.05) is 29.9 Å². The largest absolute Gasteiger partial charge is 0.337 e. The molecule has 3 heterocycles. The van der Waals surface area contributed by atoms with E-state index in [1.165, 1.54) is 11.8 Å². The van der Waals surface area contributed by atoms with Crippen molar-refractivity contribution in [2.24, 2.45) is 7.05 Å². The molecule has 0 fully saturated rings. The van der Waals surface area contributed by atoms with Crippen LogP contribution in [0.1, 0.15) is 21.7 Å². The number of hydrogen-bond acceptors (Lipinski definition) is 4. The maximum Gasteiger partial charge on any atom is 0.273 e. The Bertz CT molecular complexity index is 986. The summed E-state index contributed by atoms with van der Waals surface area (Å²) in [5.74, 6) is -0.164. The molecule has 0 aliphatic carbocycles. The number of hydrogen-bond donors (Lipinski definition) is 1. The van der Waals surface area contributed by atoms with Gasteiger partial charge in [0.05, 0.1) is 11.9 Å². The van der Waals surface area contributed by atoms with Gasteiger partial charge >= 0.3 is 0 Å². The molecule has 0 saturated carbocycles. The standard InChI is InChI=1S/C19H19N5O2/c1-23-16-8-10-24(19(26)15-11-21-17(25)12-20-15)9-7-14(16)18(22-23)13-5-3-2-4-6-13/h2-6,11-12H,7-10H2,1H3,(H,21,25). The molecule has 1 aliphatic rings. The van der Waals surface area contributed by atoms with Crippen LogP contribution in [0.4, 0.5) is 0 Å². The monoisotopic (exact) mass is 349 g/mol. The van der Waals surface area contributed by atoms with Crippen molar-refractivity contribution in [2.45, 2.75) is 12.8 Å². The number of carbonyl (C=O) groups is 1. The minimum absolute atomic E-state index is 0.164. The molecule has 1 amide bonds. The zero-order valence-electron chi connectivity index (χ0n) is 14.5. The maximum atomic E-state index is 12.7. The Hall–Kier alpha value is -3.22. The third kappa shape index (κ3) is 2.92. The van der Waals surface area contributed by atoms with Crippen molar-refractivity contribution in [2.75, 3.05) is 13.1 Å². The first-order valence-corrected chi connectivity index (χ1v) is 8.57. The van der Waals surface area contributed by atoms with E-state index in [0.717, 1.165) is 36.0 Å². The number of rotatable bonds is 2. The van der Waals surface area contributed by atoms with Crippen LogP contribution in [0.2, 0.25) is 0 Å². The summed E-state index contributed by atoms with van der Waals surface area (Å²) in [7, 11) is 1.95. The number of nitrogens with one attached hydrogen (secondary N) is 1. The van der Waals surface area contributed by atoms with Gasteiger partial charge in [0.1, 0.15) is 5.69 Å². The van der Waals surface area contributed by atoms with Crippen molar-refractivity contribution in [1.29, 1.82) is 0 Å². The highest BCUT2D eigenvalue weighted by atomic mass is 16.2. The van der Waals surface area contributed by atoms with E-state index in [4.69, 9.17) is 5.10 Å². The molecule has 7 nitrogen and oxygen atoms in total. The average Bonchev–Trinajstić information content (AvgIpc) is 2.84. The van der Waals surface area contributed by atoms with Crippen molar-refractivity contribution >= 4 is 5.91 Å². The minimum atomic E-state index is -0.316. The predicted molar refractivity (Wildman–Crippen MR) is 96.8 cm³/mol. The third-order valence-corrected chi connectivity index (χ3v) is 4.75. The van der Waals surface area contributed by atoms with Crippen molar-refractivity contribution < 1.29 is 4.79 Å². The highest BCUT2D eigenvalue weighted by molar-refractivity contribution is 5.92. The molecular formula is C19H19N5O2. The first kappa shape index (κ1) is 16.3. The van der Waals surface area contributed by atoms with E-state index in [1.54, 1.807) is 4.90 Å². The molecule has 0 bridgehead atoms. The highest BCUT2D eigenvalue weighted by Crippen LogP contribution is 2.28. The number of nitrogens with zero attached hydrogens (tertiary/aromatic N) is 4. The molecule has 1 N–H and O–H groups in total. The van der Waals surface area contributed by atoms with Gasteiger partial charge in [-0.1, -0.05) is 30.3 Å². The fourth-order valence-corrected chi connectivity index (χ4v) is 3.43. The zero-order valence-corrected chi connectivity index (χ0v) is 14.5. The molecule has 1 aliphatic heterocycles. The summed E-state index contributed by atoms with van der Waals surface area (Å²) in [4.78, 5) is 32.1. The number of H-pyrrole nitrogens is 1. The van der Waals surface area contributed by atoms with E-state index >= 15 is 0 Å². The Morgan fingerprint density at radius 2 is 1.92 bits per heavy atom. The predicted octanol–water partition coefficient (Wildman–Crippen LogP) is 1.41. The topological polar surface area (TPSA) is 83.9 Å². The first-order valence-electron chi connectivity index (χ1n) is 8.57. The molecule has 132 valence electrons. The third-order valence-electron chi connectivity index (χ3n) is 4.75. The molecule has 0 unspecified atom stereocenters. The van der Waals surface area contributed by atoms with Crippen LogP contribution in [-0.2, 0) is 19.9 Å². The molecule has 26 heavy (non-hydrogen) atoms. The van der Waals surface area contributed by atoms with Crippen LogP contribution in [0.3, 0.4) is 0 Å². The van der Waals surface area contributed by atoms with E-state index in [2.05, 4.69) is 22.1 Å². The quantitative estimate of drug-likeness (QED) is 0.758. The molecule has 0 atom stereocenters. The number of aryl methyl sites for hydroxylation is 1. The highest BCUT2D eigenvalue weighted by Gasteiger charge is 2.25. The van der Waals surface area contributed by atoms with Gasteiger partial charge < -0.3 is 9.88 Å². The molecule has 2 aromatic heterocycles. The summed E-state index contributed by atoms with van der Waals surface area (Å²) in [5, 5.41) is 4.70. The van der Waals surface area contributed by atoms with Crippen LogP contribution in [0.5, 0.6) is 0 Å². The van der Waals surface area contributed by atoms with Gasteiger partial charge in [-0.15, -0.1) is 0 Å². The van der Waals surface area contributed by atoms with Crippen LogP contribution in [0.15, 0.2) is 47.5 Å². The second-order valence-electron chi connectivity index (χ2n) is 6.35. The number of aromatic amines is 1. The minimum Gasteiger partial charge on any atom is -0.337 e. The second kappa shape index (κ2) is 6.59. The van der Waals surface area contributed by atoms with Crippen LogP contribution in [0, 0.1) is 0 Å². The van der Waals surface area contributed by atoms with E-state index in [-0.39, 0.29) is 17.2 Å². The van der Waals surface area contributed by atoms with E-state index in [0.29, 0.717) is 13.1 Å². The summed E-state index contributed by atoms with van der Waals surface area (Å²) in [6.07, 6.45) is 3.99. The van der Waals surface area contributed by atoms with Crippen LogP contribution in [-0.4, -0.2) is 43.6 Å². The normalized spacial score (nSPS) is 14.0. The van der Waals surface area contributed by atoms with Gasteiger partial charge in [0.2, 0.25) is 0 Å². The number of fused-ring (bicyclic) bond motifs is 1. The lowest BCUT2D eigenvalue weighted by Crippen LogP contribution is -2.34. The molecule has 1 aromatic carbocycles. The first-order chi connectivity index (χ1) is 12.6. The van der Waals surface area contributed by atoms with Crippen molar-refractivity contribution in [3.63, 3.8) is 0 Å². The molecule has 3 aromatic rings. The lowest BCUT2D eigenvalue weighted by Gasteiger charge is -2.19. The summed E-state index contributed by atoms with van der Waals surface area (Å²) in [6, 6.07) is 10.1. The van der Waals surface area contributed by atoms with Crippen LogP contribution in [0.25, 0.3) is 11.3 Å². The molecule has 0 radical (unpaired) electrons. The van der Waals surface area contributed by atoms with Crippen molar-refractivity contribution in [3.8, 4) is 11.3 Å². The lowest BCUT2D eigenvalue weighted by molar-refractivity contribution is 0.0756. The number of benzene rings is 1. The summed E-state index contributed by atoms with van der Waals surface area (Å²) >= 11 is 0.